The van der Waals surface area contributed by atoms with Crippen LogP contribution in [0.4, 0.5) is 0 Å². The molecule has 2 N–H and O–H groups in total. The van der Waals surface area contributed by atoms with E-state index in [0.29, 0.717) is 6.04 Å². The summed E-state index contributed by atoms with van der Waals surface area (Å²) in [6.45, 7) is 6.71. The Morgan fingerprint density at radius 2 is 1.86 bits per heavy atom. The van der Waals surface area contributed by atoms with Crippen molar-refractivity contribution in [2.45, 2.75) is 38.8 Å². The van der Waals surface area contributed by atoms with Crippen molar-refractivity contribution >= 4 is 11.0 Å². The molecule has 1 aliphatic rings. The summed E-state index contributed by atoms with van der Waals surface area (Å²) in [6.07, 6.45) is 3.14. The van der Waals surface area contributed by atoms with Crippen LogP contribution in [0.25, 0.3) is 11.0 Å². The largest absolute Gasteiger partial charge is 0.330 e. The van der Waals surface area contributed by atoms with E-state index in [1.807, 2.05) is 34.3 Å². The Bertz CT molecular complexity index is 680. The second-order valence-electron chi connectivity index (χ2n) is 6.10. The first-order valence-electron chi connectivity index (χ1n) is 8.38. The maximum atomic E-state index is 12.8. The summed E-state index contributed by atoms with van der Waals surface area (Å²) in [7, 11) is 0. The van der Waals surface area contributed by atoms with Crippen molar-refractivity contribution in [2.75, 3.05) is 26.2 Å². The molecule has 1 aromatic carbocycles. The molecule has 0 amide bonds. The number of para-hydroxylation sites is 2. The number of nitrogens with zero attached hydrogens (tertiary/aromatic N) is 3. The van der Waals surface area contributed by atoms with E-state index < -0.39 is 0 Å². The highest BCUT2D eigenvalue weighted by Gasteiger charge is 2.24. The lowest BCUT2D eigenvalue weighted by Gasteiger charge is -2.32. The van der Waals surface area contributed by atoms with Gasteiger partial charge in [0.15, 0.2) is 0 Å². The zero-order valence-electron chi connectivity index (χ0n) is 13.4. The molecule has 1 aliphatic heterocycles. The monoisotopic (exact) mass is 302 g/mol. The Hall–Kier alpha value is -1.59. The van der Waals surface area contributed by atoms with Crippen molar-refractivity contribution in [3.8, 4) is 0 Å². The fraction of sp³-hybridized carbons (Fsp3) is 0.588. The van der Waals surface area contributed by atoms with Crippen LogP contribution in [0.5, 0.6) is 0 Å². The Morgan fingerprint density at radius 1 is 1.18 bits per heavy atom. The predicted octanol–water partition coefficient (Wildman–Crippen LogP) is 1.81. The third kappa shape index (κ3) is 2.71. The Labute approximate surface area is 131 Å². The van der Waals surface area contributed by atoms with Crippen LogP contribution in [0.3, 0.4) is 0 Å². The maximum Gasteiger partial charge on any atom is 0.329 e. The Kier molecular flexibility index (Phi) is 4.64. The van der Waals surface area contributed by atoms with Gasteiger partial charge in [-0.15, -0.1) is 0 Å². The van der Waals surface area contributed by atoms with Crippen molar-refractivity contribution in [3.63, 3.8) is 0 Å². The van der Waals surface area contributed by atoms with Crippen LogP contribution in [-0.2, 0) is 6.54 Å². The van der Waals surface area contributed by atoms with Crippen LogP contribution in [0.2, 0.25) is 0 Å². The van der Waals surface area contributed by atoms with Crippen LogP contribution in [0.15, 0.2) is 29.1 Å². The number of benzene rings is 1. The number of aromatic nitrogens is 2. The molecule has 3 rings (SSSR count). The van der Waals surface area contributed by atoms with Gasteiger partial charge in [0, 0.05) is 25.7 Å². The second-order valence-corrected chi connectivity index (χ2v) is 6.10. The van der Waals surface area contributed by atoms with Crippen LogP contribution < -0.4 is 11.4 Å². The third-order valence-electron chi connectivity index (χ3n) is 4.79. The zero-order chi connectivity index (χ0) is 15.5. The molecule has 1 aromatic heterocycles. The molecule has 2 heterocycles. The second kappa shape index (κ2) is 6.67. The number of imidazole rings is 1. The SMILES string of the molecule is CCn1c(=O)n(C2CCN(CCCN)CC2)c2ccccc21. The number of aryl methyl sites for hydroxylation is 1. The summed E-state index contributed by atoms with van der Waals surface area (Å²) < 4.78 is 3.91. The van der Waals surface area contributed by atoms with Gasteiger partial charge in [-0.2, -0.15) is 0 Å². The quantitative estimate of drug-likeness (QED) is 0.916. The first kappa shape index (κ1) is 15.3. The van der Waals surface area contributed by atoms with E-state index >= 15 is 0 Å². The summed E-state index contributed by atoms with van der Waals surface area (Å²) in [6, 6.07) is 8.47. The Morgan fingerprint density at radius 3 is 2.50 bits per heavy atom. The topological polar surface area (TPSA) is 56.2 Å². The summed E-state index contributed by atoms with van der Waals surface area (Å²) in [5.74, 6) is 0. The summed E-state index contributed by atoms with van der Waals surface area (Å²) in [4.78, 5) is 15.2. The third-order valence-corrected chi connectivity index (χ3v) is 4.79. The Balaban J connectivity index is 1.86. The van der Waals surface area contributed by atoms with Gasteiger partial charge in [0.25, 0.3) is 0 Å². The average molecular weight is 302 g/mol. The highest BCUT2D eigenvalue weighted by molar-refractivity contribution is 5.76. The van der Waals surface area contributed by atoms with Crippen molar-refractivity contribution in [1.82, 2.24) is 14.0 Å². The highest BCUT2D eigenvalue weighted by Crippen LogP contribution is 2.25. The summed E-state index contributed by atoms with van der Waals surface area (Å²) in [5.41, 5.74) is 7.87. The zero-order valence-corrected chi connectivity index (χ0v) is 13.4. The molecule has 120 valence electrons. The van der Waals surface area contributed by atoms with Crippen LogP contribution in [-0.4, -0.2) is 40.2 Å². The number of fused-ring (bicyclic) bond motifs is 1. The predicted molar refractivity (Wildman–Crippen MR) is 90.3 cm³/mol. The molecule has 5 heteroatoms. The number of piperidine rings is 1. The first-order chi connectivity index (χ1) is 10.8. The minimum absolute atomic E-state index is 0.143. The van der Waals surface area contributed by atoms with Gasteiger partial charge >= 0.3 is 5.69 Å². The van der Waals surface area contributed by atoms with Crippen molar-refractivity contribution in [3.05, 3.63) is 34.7 Å². The van der Waals surface area contributed by atoms with E-state index in [1.54, 1.807) is 0 Å². The first-order valence-corrected chi connectivity index (χ1v) is 8.38. The number of hydrogen-bond acceptors (Lipinski definition) is 3. The van der Waals surface area contributed by atoms with Gasteiger partial charge in [0.2, 0.25) is 0 Å². The number of rotatable bonds is 5. The number of nitrogens with two attached hydrogens (primary N) is 1. The van der Waals surface area contributed by atoms with E-state index in [1.165, 1.54) is 0 Å². The highest BCUT2D eigenvalue weighted by atomic mass is 16.1. The van der Waals surface area contributed by atoms with Crippen LogP contribution in [0, 0.1) is 0 Å². The molecule has 22 heavy (non-hydrogen) atoms. The van der Waals surface area contributed by atoms with E-state index in [-0.39, 0.29) is 5.69 Å². The van der Waals surface area contributed by atoms with E-state index in [9.17, 15) is 4.79 Å². The van der Waals surface area contributed by atoms with Gasteiger partial charge < -0.3 is 10.6 Å². The van der Waals surface area contributed by atoms with Gasteiger partial charge in [0.1, 0.15) is 0 Å². The maximum absolute atomic E-state index is 12.8. The van der Waals surface area contributed by atoms with Crippen LogP contribution in [0.1, 0.15) is 32.2 Å². The van der Waals surface area contributed by atoms with E-state index in [2.05, 4.69) is 11.0 Å². The van der Waals surface area contributed by atoms with Gasteiger partial charge in [-0.3, -0.25) is 9.13 Å². The van der Waals surface area contributed by atoms with Gasteiger partial charge in [-0.1, -0.05) is 12.1 Å². The molecule has 1 fully saturated rings. The van der Waals surface area contributed by atoms with Gasteiger partial charge in [0.05, 0.1) is 11.0 Å². The lowest BCUT2D eigenvalue weighted by atomic mass is 10.0. The smallest absolute Gasteiger partial charge is 0.329 e. The molecule has 0 bridgehead atoms. The summed E-state index contributed by atoms with van der Waals surface area (Å²) in [5, 5.41) is 0. The molecule has 0 aliphatic carbocycles. The normalized spacial score (nSPS) is 17.4. The summed E-state index contributed by atoms with van der Waals surface area (Å²) >= 11 is 0. The molecule has 2 aromatic rings. The van der Waals surface area contributed by atoms with Crippen molar-refractivity contribution in [1.29, 1.82) is 0 Å². The average Bonchev–Trinajstić information content (AvgIpc) is 2.85. The minimum Gasteiger partial charge on any atom is -0.330 e. The standard InChI is InChI=1S/C17H26N4O/c1-2-20-15-6-3-4-7-16(15)21(17(20)22)14-8-12-19(13-9-14)11-5-10-18/h3-4,6-7,14H,2,5,8-13,18H2,1H3. The van der Waals surface area contributed by atoms with Gasteiger partial charge in [-0.25, -0.2) is 4.79 Å². The lowest BCUT2D eigenvalue weighted by molar-refractivity contribution is 0.185. The molecule has 0 radical (unpaired) electrons. The number of hydrogen-bond donors (Lipinski definition) is 1. The fourth-order valence-corrected chi connectivity index (χ4v) is 3.61. The molecule has 0 atom stereocenters. The molecular formula is C17H26N4O. The molecule has 1 saturated heterocycles. The molecule has 0 unspecified atom stereocenters. The van der Waals surface area contributed by atoms with Crippen molar-refractivity contribution in [2.24, 2.45) is 5.73 Å². The molecular weight excluding hydrogens is 276 g/mol. The minimum atomic E-state index is 0.143. The van der Waals surface area contributed by atoms with Crippen LogP contribution >= 0.6 is 0 Å². The molecule has 5 nitrogen and oxygen atoms in total. The fourth-order valence-electron chi connectivity index (χ4n) is 3.61. The number of likely N-dealkylation sites (tertiary alicyclic amines) is 1. The lowest BCUT2D eigenvalue weighted by Crippen LogP contribution is -2.38. The van der Waals surface area contributed by atoms with Gasteiger partial charge in [-0.05, 0) is 51.4 Å². The molecule has 0 spiro atoms. The van der Waals surface area contributed by atoms with E-state index in [0.717, 1.165) is 63.0 Å². The van der Waals surface area contributed by atoms with E-state index in [4.69, 9.17) is 5.73 Å². The molecule has 0 saturated carbocycles. The van der Waals surface area contributed by atoms with Crippen molar-refractivity contribution < 1.29 is 0 Å².